The Morgan fingerprint density at radius 2 is 2.04 bits per heavy atom. The van der Waals surface area contributed by atoms with E-state index in [1.165, 1.54) is 16.9 Å². The second-order valence-corrected chi connectivity index (χ2v) is 5.85. The monoisotopic (exact) mass is 323 g/mol. The van der Waals surface area contributed by atoms with Crippen LogP contribution in [0, 0.1) is 6.92 Å². The molecule has 1 heterocycles. The average Bonchev–Trinajstić information content (AvgIpc) is 3.06. The molecule has 0 spiro atoms. The summed E-state index contributed by atoms with van der Waals surface area (Å²) in [6, 6.07) is 16.0. The van der Waals surface area contributed by atoms with Crippen LogP contribution in [0.5, 0.6) is 5.75 Å². The summed E-state index contributed by atoms with van der Waals surface area (Å²) in [5.41, 5.74) is 7.19. The number of thiazole rings is 1. The first-order valence-corrected chi connectivity index (χ1v) is 8.09. The Bertz CT molecular complexity index is 826. The number of nitrogens with zero attached hydrogens (tertiary/aromatic N) is 2. The fourth-order valence-corrected chi connectivity index (χ4v) is 2.80. The van der Waals surface area contributed by atoms with Gasteiger partial charge in [-0.25, -0.2) is 4.98 Å². The lowest BCUT2D eigenvalue weighted by atomic mass is 10.1. The van der Waals surface area contributed by atoms with Crippen molar-refractivity contribution >= 4 is 22.7 Å². The molecule has 0 aliphatic carbocycles. The number of anilines is 1. The lowest BCUT2D eigenvalue weighted by molar-refractivity contribution is 0.415. The number of nitrogens with one attached hydrogen (secondary N) is 1. The van der Waals surface area contributed by atoms with Gasteiger partial charge in [0.25, 0.3) is 0 Å². The summed E-state index contributed by atoms with van der Waals surface area (Å²) in [5.74, 6) is 0.822. The lowest BCUT2D eigenvalue weighted by Crippen LogP contribution is -1.92. The van der Waals surface area contributed by atoms with Gasteiger partial charge in [-0.05, 0) is 30.2 Å². The summed E-state index contributed by atoms with van der Waals surface area (Å²) >= 11 is 1.52. The zero-order valence-corrected chi connectivity index (χ0v) is 13.8. The molecular formula is C18H17N3OS. The molecule has 0 aliphatic rings. The van der Waals surface area contributed by atoms with Crippen molar-refractivity contribution in [2.75, 3.05) is 12.5 Å². The molecule has 0 fully saturated rings. The number of aryl methyl sites for hydroxylation is 1. The van der Waals surface area contributed by atoms with Crippen LogP contribution in [0.4, 0.5) is 5.13 Å². The molecule has 0 aliphatic heterocycles. The van der Waals surface area contributed by atoms with Crippen LogP contribution in [0.2, 0.25) is 0 Å². The molecule has 0 bridgehead atoms. The maximum atomic E-state index is 5.24. The molecule has 0 amide bonds. The third kappa shape index (κ3) is 3.76. The van der Waals surface area contributed by atoms with Crippen molar-refractivity contribution < 1.29 is 4.74 Å². The van der Waals surface area contributed by atoms with Crippen molar-refractivity contribution in [3.8, 4) is 17.0 Å². The standard InChI is InChI=1S/C18H17N3OS/c1-13-6-3-4-7-15(13)11-19-21-18-20-17(12-23-18)14-8-5-9-16(10-14)22-2/h3-12H,1-2H3,(H,20,21)/b19-11+. The summed E-state index contributed by atoms with van der Waals surface area (Å²) in [5, 5.41) is 7.02. The maximum Gasteiger partial charge on any atom is 0.203 e. The van der Waals surface area contributed by atoms with Gasteiger partial charge in [-0.3, -0.25) is 5.43 Å². The summed E-state index contributed by atoms with van der Waals surface area (Å²) in [4.78, 5) is 4.55. The number of rotatable bonds is 5. The van der Waals surface area contributed by atoms with E-state index in [-0.39, 0.29) is 0 Å². The molecule has 116 valence electrons. The fraction of sp³-hybridized carbons (Fsp3) is 0.111. The molecule has 0 atom stereocenters. The Balaban J connectivity index is 1.71. The van der Waals surface area contributed by atoms with Crippen LogP contribution in [-0.2, 0) is 0 Å². The molecule has 0 radical (unpaired) electrons. The zero-order chi connectivity index (χ0) is 16.1. The number of ether oxygens (including phenoxy) is 1. The lowest BCUT2D eigenvalue weighted by Gasteiger charge is -2.01. The highest BCUT2D eigenvalue weighted by molar-refractivity contribution is 7.14. The Hall–Kier alpha value is -2.66. The van der Waals surface area contributed by atoms with Crippen LogP contribution in [-0.4, -0.2) is 18.3 Å². The first-order valence-electron chi connectivity index (χ1n) is 7.21. The van der Waals surface area contributed by atoms with Crippen LogP contribution in [0.15, 0.2) is 59.0 Å². The van der Waals surface area contributed by atoms with E-state index in [0.29, 0.717) is 0 Å². The van der Waals surface area contributed by atoms with E-state index in [9.17, 15) is 0 Å². The van der Waals surface area contributed by atoms with Gasteiger partial charge in [0.1, 0.15) is 5.75 Å². The third-order valence-electron chi connectivity index (χ3n) is 3.42. The van der Waals surface area contributed by atoms with E-state index in [4.69, 9.17) is 4.74 Å². The molecule has 3 aromatic rings. The summed E-state index contributed by atoms with van der Waals surface area (Å²) in [7, 11) is 1.66. The Kier molecular flexibility index (Phi) is 4.68. The van der Waals surface area contributed by atoms with Gasteiger partial charge in [-0.15, -0.1) is 11.3 Å². The zero-order valence-electron chi connectivity index (χ0n) is 13.0. The van der Waals surface area contributed by atoms with Gasteiger partial charge in [0.2, 0.25) is 5.13 Å². The second kappa shape index (κ2) is 7.07. The minimum atomic E-state index is 0.757. The number of aromatic nitrogens is 1. The number of hydrazone groups is 1. The molecule has 1 N–H and O–H groups in total. The van der Waals surface area contributed by atoms with E-state index in [1.54, 1.807) is 7.11 Å². The smallest absolute Gasteiger partial charge is 0.203 e. The summed E-state index contributed by atoms with van der Waals surface area (Å²) < 4.78 is 5.24. The Labute approximate surface area is 139 Å². The molecular weight excluding hydrogens is 306 g/mol. The largest absolute Gasteiger partial charge is 0.497 e. The molecule has 3 rings (SSSR count). The van der Waals surface area contributed by atoms with Crippen molar-refractivity contribution in [3.63, 3.8) is 0 Å². The maximum absolute atomic E-state index is 5.24. The van der Waals surface area contributed by atoms with Crippen molar-refractivity contribution in [2.24, 2.45) is 5.10 Å². The quantitative estimate of drug-likeness (QED) is 0.552. The van der Waals surface area contributed by atoms with Crippen molar-refractivity contribution in [1.29, 1.82) is 0 Å². The SMILES string of the molecule is COc1cccc(-c2csc(N/N=C/c3ccccc3C)n2)c1. The highest BCUT2D eigenvalue weighted by Crippen LogP contribution is 2.27. The van der Waals surface area contributed by atoms with E-state index in [1.807, 2.05) is 54.1 Å². The van der Waals surface area contributed by atoms with Crippen LogP contribution >= 0.6 is 11.3 Å². The molecule has 1 aromatic heterocycles. The highest BCUT2D eigenvalue weighted by Gasteiger charge is 2.05. The van der Waals surface area contributed by atoms with E-state index in [0.717, 1.165) is 27.7 Å². The van der Waals surface area contributed by atoms with Crippen LogP contribution in [0.3, 0.4) is 0 Å². The number of methoxy groups -OCH3 is 1. The molecule has 0 saturated heterocycles. The van der Waals surface area contributed by atoms with Crippen molar-refractivity contribution in [3.05, 3.63) is 65.0 Å². The van der Waals surface area contributed by atoms with Gasteiger partial charge in [0.15, 0.2) is 0 Å². The normalized spacial score (nSPS) is 10.9. The van der Waals surface area contributed by atoms with Crippen LogP contribution in [0.25, 0.3) is 11.3 Å². The first kappa shape index (κ1) is 15.2. The summed E-state index contributed by atoms with van der Waals surface area (Å²) in [6.45, 7) is 2.06. The van der Waals surface area contributed by atoms with Crippen LogP contribution in [0.1, 0.15) is 11.1 Å². The Morgan fingerprint density at radius 3 is 2.87 bits per heavy atom. The van der Waals surface area contributed by atoms with Crippen molar-refractivity contribution in [2.45, 2.75) is 6.92 Å². The minimum Gasteiger partial charge on any atom is -0.497 e. The number of benzene rings is 2. The highest BCUT2D eigenvalue weighted by atomic mass is 32.1. The van der Waals surface area contributed by atoms with Gasteiger partial charge in [-0.2, -0.15) is 5.10 Å². The van der Waals surface area contributed by atoms with Gasteiger partial charge in [0.05, 0.1) is 19.0 Å². The Morgan fingerprint density at radius 1 is 1.17 bits per heavy atom. The van der Waals surface area contributed by atoms with Gasteiger partial charge in [-0.1, -0.05) is 36.4 Å². The topological polar surface area (TPSA) is 46.5 Å². The van der Waals surface area contributed by atoms with Crippen molar-refractivity contribution in [1.82, 2.24) is 4.98 Å². The number of hydrogen-bond acceptors (Lipinski definition) is 5. The molecule has 5 heteroatoms. The minimum absolute atomic E-state index is 0.757. The van der Waals surface area contributed by atoms with Gasteiger partial charge < -0.3 is 4.74 Å². The predicted molar refractivity (Wildman–Crippen MR) is 96.5 cm³/mol. The molecule has 0 unspecified atom stereocenters. The van der Waals surface area contributed by atoms with E-state index >= 15 is 0 Å². The molecule has 2 aromatic carbocycles. The second-order valence-electron chi connectivity index (χ2n) is 5.00. The molecule has 4 nitrogen and oxygen atoms in total. The fourth-order valence-electron chi connectivity index (χ4n) is 2.13. The average molecular weight is 323 g/mol. The molecule has 0 saturated carbocycles. The van der Waals surface area contributed by atoms with E-state index < -0.39 is 0 Å². The number of hydrogen-bond donors (Lipinski definition) is 1. The first-order chi connectivity index (χ1) is 11.3. The predicted octanol–water partition coefficient (Wildman–Crippen LogP) is 4.57. The van der Waals surface area contributed by atoms with Crippen LogP contribution < -0.4 is 10.2 Å². The molecule has 23 heavy (non-hydrogen) atoms. The summed E-state index contributed by atoms with van der Waals surface area (Å²) in [6.07, 6.45) is 1.81. The van der Waals surface area contributed by atoms with E-state index in [2.05, 4.69) is 28.5 Å². The van der Waals surface area contributed by atoms with Gasteiger partial charge in [0, 0.05) is 10.9 Å². The van der Waals surface area contributed by atoms with Gasteiger partial charge >= 0.3 is 0 Å². The third-order valence-corrected chi connectivity index (χ3v) is 4.17.